The third kappa shape index (κ3) is 3.51. The molecular weight excluding hydrogens is 202 g/mol. The summed E-state index contributed by atoms with van der Waals surface area (Å²) < 4.78 is 0. The van der Waals surface area contributed by atoms with Crippen LogP contribution in [-0.2, 0) is 6.54 Å². The maximum Gasteiger partial charge on any atom is 0.122 e. The fourth-order valence-corrected chi connectivity index (χ4v) is 1.82. The van der Waals surface area contributed by atoms with Gasteiger partial charge in [-0.25, -0.2) is 0 Å². The fraction of sp³-hybridized carbons (Fsp3) is 0.538. The maximum atomic E-state index is 9.89. The smallest absolute Gasteiger partial charge is 0.122 e. The first-order valence-corrected chi connectivity index (χ1v) is 5.79. The van der Waals surface area contributed by atoms with Crippen LogP contribution in [0.4, 0.5) is 0 Å². The number of aryl methyl sites for hydroxylation is 1. The highest BCUT2D eigenvalue weighted by atomic mass is 16.3. The number of nitrogens with zero attached hydrogens (tertiary/aromatic N) is 1. The largest absolute Gasteiger partial charge is 0.507 e. The first-order chi connectivity index (χ1) is 7.69. The molecule has 0 amide bonds. The van der Waals surface area contributed by atoms with Crippen molar-refractivity contribution in [1.82, 2.24) is 4.90 Å². The highest BCUT2D eigenvalue weighted by Crippen LogP contribution is 2.22. The molecule has 3 nitrogen and oxygen atoms in total. The molecule has 90 valence electrons. The van der Waals surface area contributed by atoms with Crippen LogP contribution in [0.5, 0.6) is 5.75 Å². The summed E-state index contributed by atoms with van der Waals surface area (Å²) in [6.07, 6.45) is 1.05. The molecule has 0 unspecified atom stereocenters. The zero-order valence-corrected chi connectivity index (χ0v) is 10.1. The van der Waals surface area contributed by atoms with Gasteiger partial charge >= 0.3 is 0 Å². The van der Waals surface area contributed by atoms with Crippen LogP contribution in [0.25, 0.3) is 0 Å². The quantitative estimate of drug-likeness (QED) is 0.774. The molecule has 0 atom stereocenters. The predicted molar refractivity (Wildman–Crippen MR) is 65.5 cm³/mol. The van der Waals surface area contributed by atoms with Crippen molar-refractivity contribution >= 4 is 0 Å². The minimum Gasteiger partial charge on any atom is -0.507 e. The van der Waals surface area contributed by atoms with Gasteiger partial charge in [0.15, 0.2) is 0 Å². The zero-order valence-electron chi connectivity index (χ0n) is 10.1. The SMILES string of the molecule is CCCN(CCO)Cc1cccc(C)c1O. The summed E-state index contributed by atoms with van der Waals surface area (Å²) in [5.74, 6) is 0.376. The number of aliphatic hydroxyl groups is 1. The summed E-state index contributed by atoms with van der Waals surface area (Å²) in [5.41, 5.74) is 1.83. The summed E-state index contributed by atoms with van der Waals surface area (Å²) in [5, 5.41) is 18.9. The molecule has 0 fully saturated rings. The van der Waals surface area contributed by atoms with Gasteiger partial charge in [-0.1, -0.05) is 25.1 Å². The standard InChI is InChI=1S/C13H21NO2/c1-3-7-14(8-9-15)10-12-6-4-5-11(2)13(12)16/h4-6,15-16H,3,7-10H2,1-2H3. The third-order valence-electron chi connectivity index (χ3n) is 2.67. The van der Waals surface area contributed by atoms with Crippen molar-refractivity contribution in [1.29, 1.82) is 0 Å². The van der Waals surface area contributed by atoms with Gasteiger partial charge < -0.3 is 10.2 Å². The van der Waals surface area contributed by atoms with Gasteiger partial charge in [0.2, 0.25) is 0 Å². The molecule has 0 saturated carbocycles. The topological polar surface area (TPSA) is 43.7 Å². The van der Waals surface area contributed by atoms with Crippen molar-refractivity contribution in [2.24, 2.45) is 0 Å². The zero-order chi connectivity index (χ0) is 12.0. The normalized spacial score (nSPS) is 11.0. The van der Waals surface area contributed by atoms with E-state index in [9.17, 15) is 5.11 Å². The third-order valence-corrected chi connectivity index (χ3v) is 2.67. The van der Waals surface area contributed by atoms with E-state index in [4.69, 9.17) is 5.11 Å². The number of phenols is 1. The van der Waals surface area contributed by atoms with Crippen LogP contribution in [0.2, 0.25) is 0 Å². The van der Waals surface area contributed by atoms with E-state index >= 15 is 0 Å². The second kappa shape index (κ2) is 6.51. The molecule has 0 aliphatic rings. The fourth-order valence-electron chi connectivity index (χ4n) is 1.82. The van der Waals surface area contributed by atoms with Crippen molar-refractivity contribution < 1.29 is 10.2 Å². The number of benzene rings is 1. The van der Waals surface area contributed by atoms with Gasteiger partial charge in [-0.3, -0.25) is 4.90 Å². The van der Waals surface area contributed by atoms with Gasteiger partial charge in [-0.2, -0.15) is 0 Å². The maximum absolute atomic E-state index is 9.89. The van der Waals surface area contributed by atoms with E-state index < -0.39 is 0 Å². The van der Waals surface area contributed by atoms with Crippen LogP contribution in [0.3, 0.4) is 0 Å². The van der Waals surface area contributed by atoms with Crippen molar-refractivity contribution in [3.8, 4) is 5.75 Å². The molecule has 1 rings (SSSR count). The molecule has 3 heteroatoms. The molecular formula is C13H21NO2. The Morgan fingerprint density at radius 3 is 2.62 bits per heavy atom. The molecule has 0 aliphatic heterocycles. The van der Waals surface area contributed by atoms with Gasteiger partial charge in [0.05, 0.1) is 6.61 Å². The Morgan fingerprint density at radius 2 is 2.00 bits per heavy atom. The molecule has 0 aliphatic carbocycles. The Labute approximate surface area is 97.3 Å². The number of phenolic OH excluding ortho intramolecular Hbond substituents is 1. The Kier molecular flexibility index (Phi) is 5.29. The first-order valence-electron chi connectivity index (χ1n) is 5.79. The number of hydrogen-bond donors (Lipinski definition) is 2. The molecule has 16 heavy (non-hydrogen) atoms. The number of aliphatic hydroxyl groups excluding tert-OH is 1. The number of hydrogen-bond acceptors (Lipinski definition) is 3. The summed E-state index contributed by atoms with van der Waals surface area (Å²) in [4.78, 5) is 2.15. The van der Waals surface area contributed by atoms with Crippen LogP contribution in [0, 0.1) is 6.92 Å². The van der Waals surface area contributed by atoms with Gasteiger partial charge in [0.1, 0.15) is 5.75 Å². The minimum absolute atomic E-state index is 0.159. The van der Waals surface area contributed by atoms with Crippen LogP contribution >= 0.6 is 0 Å². The lowest BCUT2D eigenvalue weighted by molar-refractivity contribution is 0.189. The van der Waals surface area contributed by atoms with Gasteiger partial charge in [-0.05, 0) is 25.5 Å². The van der Waals surface area contributed by atoms with Crippen LogP contribution in [0.1, 0.15) is 24.5 Å². The van der Waals surface area contributed by atoms with Gasteiger partial charge in [-0.15, -0.1) is 0 Å². The lowest BCUT2D eigenvalue weighted by Gasteiger charge is -2.21. The number of rotatable bonds is 6. The van der Waals surface area contributed by atoms with Crippen LogP contribution < -0.4 is 0 Å². The molecule has 0 radical (unpaired) electrons. The summed E-state index contributed by atoms with van der Waals surface area (Å²) in [6, 6.07) is 5.78. The van der Waals surface area contributed by atoms with Gasteiger partial charge in [0, 0.05) is 18.7 Å². The number of aromatic hydroxyl groups is 1. The van der Waals surface area contributed by atoms with E-state index in [1.54, 1.807) is 0 Å². The van der Waals surface area contributed by atoms with Crippen molar-refractivity contribution in [2.45, 2.75) is 26.8 Å². The Balaban J connectivity index is 2.72. The van der Waals surface area contributed by atoms with E-state index in [0.29, 0.717) is 18.8 Å². The summed E-state index contributed by atoms with van der Waals surface area (Å²) >= 11 is 0. The second-order valence-corrected chi connectivity index (χ2v) is 4.08. The molecule has 0 spiro atoms. The molecule has 0 saturated heterocycles. The Morgan fingerprint density at radius 1 is 1.25 bits per heavy atom. The van der Waals surface area contributed by atoms with Gasteiger partial charge in [0.25, 0.3) is 0 Å². The summed E-state index contributed by atoms with van der Waals surface area (Å²) in [6.45, 7) is 6.46. The average Bonchev–Trinajstić information content (AvgIpc) is 2.25. The van der Waals surface area contributed by atoms with Crippen molar-refractivity contribution in [3.05, 3.63) is 29.3 Å². The molecule has 0 aromatic heterocycles. The van der Waals surface area contributed by atoms with Crippen molar-refractivity contribution in [2.75, 3.05) is 19.7 Å². The van der Waals surface area contributed by atoms with E-state index in [2.05, 4.69) is 11.8 Å². The molecule has 0 heterocycles. The Hall–Kier alpha value is -1.06. The van der Waals surface area contributed by atoms with E-state index in [-0.39, 0.29) is 6.61 Å². The first kappa shape index (κ1) is 13.0. The second-order valence-electron chi connectivity index (χ2n) is 4.08. The average molecular weight is 223 g/mol. The Bertz CT molecular complexity index is 320. The van der Waals surface area contributed by atoms with E-state index in [1.165, 1.54) is 0 Å². The molecule has 1 aromatic rings. The van der Waals surface area contributed by atoms with E-state index in [0.717, 1.165) is 24.1 Å². The molecule has 1 aromatic carbocycles. The predicted octanol–water partition coefficient (Wildman–Crippen LogP) is 1.90. The minimum atomic E-state index is 0.159. The molecule has 0 bridgehead atoms. The molecule has 2 N–H and O–H groups in total. The van der Waals surface area contributed by atoms with E-state index in [1.807, 2.05) is 25.1 Å². The summed E-state index contributed by atoms with van der Waals surface area (Å²) in [7, 11) is 0. The van der Waals surface area contributed by atoms with Crippen LogP contribution in [-0.4, -0.2) is 34.8 Å². The highest BCUT2D eigenvalue weighted by Gasteiger charge is 2.08. The highest BCUT2D eigenvalue weighted by molar-refractivity contribution is 5.39. The van der Waals surface area contributed by atoms with Crippen LogP contribution in [0.15, 0.2) is 18.2 Å². The monoisotopic (exact) mass is 223 g/mol. The lowest BCUT2D eigenvalue weighted by atomic mass is 10.1. The lowest BCUT2D eigenvalue weighted by Crippen LogP contribution is -2.27. The van der Waals surface area contributed by atoms with Crippen molar-refractivity contribution in [3.63, 3.8) is 0 Å². The number of para-hydroxylation sites is 1.